The summed E-state index contributed by atoms with van der Waals surface area (Å²) < 4.78 is 5.18. The molecule has 1 aliphatic heterocycles. The Morgan fingerprint density at radius 2 is 1.82 bits per heavy atom. The predicted molar refractivity (Wildman–Crippen MR) is 129 cm³/mol. The third-order valence-electron chi connectivity index (χ3n) is 6.37. The van der Waals surface area contributed by atoms with E-state index in [-0.39, 0.29) is 23.1 Å². The molecule has 2 aromatic heterocycles. The highest BCUT2D eigenvalue weighted by Gasteiger charge is 2.27. The van der Waals surface area contributed by atoms with Crippen LogP contribution in [0.3, 0.4) is 0 Å². The van der Waals surface area contributed by atoms with Crippen molar-refractivity contribution in [1.82, 2.24) is 24.8 Å². The van der Waals surface area contributed by atoms with Gasteiger partial charge < -0.3 is 19.6 Å². The van der Waals surface area contributed by atoms with Crippen molar-refractivity contribution < 1.29 is 9.53 Å². The number of amides is 1. The van der Waals surface area contributed by atoms with Gasteiger partial charge in [0, 0.05) is 31.5 Å². The number of imidazole rings is 1. The number of fused-ring (bicyclic) bond motifs is 1. The smallest absolute Gasteiger partial charge is 0.272 e. The van der Waals surface area contributed by atoms with Crippen LogP contribution in [0.25, 0.3) is 11.0 Å². The summed E-state index contributed by atoms with van der Waals surface area (Å²) in [5, 5.41) is 0. The molecule has 1 aliphatic rings. The number of carbonyl (C=O) groups is 1. The number of aromatic nitrogens is 4. The summed E-state index contributed by atoms with van der Waals surface area (Å²) >= 11 is 0. The summed E-state index contributed by atoms with van der Waals surface area (Å²) in [5.41, 5.74) is 4.04. The van der Waals surface area contributed by atoms with Crippen molar-refractivity contribution in [3.05, 3.63) is 87.4 Å². The Kier molecular flexibility index (Phi) is 5.88. The molecule has 2 aromatic carbocycles. The normalized spacial score (nSPS) is 14.5. The average molecular weight is 458 g/mol. The maximum atomic E-state index is 13.1. The van der Waals surface area contributed by atoms with Crippen molar-refractivity contribution in [2.45, 2.75) is 32.1 Å². The van der Waals surface area contributed by atoms with E-state index in [2.05, 4.69) is 34.0 Å². The van der Waals surface area contributed by atoms with Crippen LogP contribution in [-0.4, -0.2) is 50.9 Å². The van der Waals surface area contributed by atoms with Crippen molar-refractivity contribution in [3.8, 4) is 5.75 Å². The molecule has 0 bridgehead atoms. The van der Waals surface area contributed by atoms with E-state index in [1.165, 1.54) is 11.6 Å². The van der Waals surface area contributed by atoms with Gasteiger partial charge in [0.15, 0.2) is 0 Å². The molecule has 1 saturated heterocycles. The predicted octanol–water partition coefficient (Wildman–Crippen LogP) is 3.57. The molecule has 0 aliphatic carbocycles. The van der Waals surface area contributed by atoms with Crippen LogP contribution in [-0.2, 0) is 6.42 Å². The van der Waals surface area contributed by atoms with Crippen LogP contribution in [0.15, 0.2) is 53.3 Å². The lowest BCUT2D eigenvalue weighted by atomic mass is 9.96. The Hall–Kier alpha value is -3.94. The third kappa shape index (κ3) is 4.57. The Balaban J connectivity index is 1.26. The molecule has 8 nitrogen and oxygen atoms in total. The van der Waals surface area contributed by atoms with Crippen LogP contribution in [0.4, 0.5) is 0 Å². The van der Waals surface area contributed by atoms with Gasteiger partial charge in [0.25, 0.3) is 11.5 Å². The summed E-state index contributed by atoms with van der Waals surface area (Å²) in [6, 6.07) is 15.0. The highest BCUT2D eigenvalue weighted by Crippen LogP contribution is 2.28. The fourth-order valence-electron chi connectivity index (χ4n) is 4.49. The number of piperidine rings is 1. The zero-order valence-electron chi connectivity index (χ0n) is 19.3. The molecular formula is C26H27N5O3. The molecule has 0 saturated carbocycles. The van der Waals surface area contributed by atoms with E-state index in [1.807, 2.05) is 30.3 Å². The first-order valence-corrected chi connectivity index (χ1v) is 11.5. The molecule has 34 heavy (non-hydrogen) atoms. The molecule has 2 N–H and O–H groups in total. The quantitative estimate of drug-likeness (QED) is 0.477. The second-order valence-corrected chi connectivity index (χ2v) is 8.81. The van der Waals surface area contributed by atoms with Crippen molar-refractivity contribution in [2.24, 2.45) is 0 Å². The molecule has 1 fully saturated rings. The minimum Gasteiger partial charge on any atom is -0.497 e. The fourth-order valence-corrected chi connectivity index (χ4v) is 4.49. The molecule has 0 radical (unpaired) electrons. The number of nitrogens with zero attached hydrogens (tertiary/aromatic N) is 3. The molecule has 174 valence electrons. The van der Waals surface area contributed by atoms with Crippen molar-refractivity contribution in [3.63, 3.8) is 0 Å². The topological polar surface area (TPSA) is 104 Å². The molecular weight excluding hydrogens is 430 g/mol. The van der Waals surface area contributed by atoms with Gasteiger partial charge in [-0.25, -0.2) is 9.97 Å². The van der Waals surface area contributed by atoms with Crippen LogP contribution in [0, 0.1) is 6.92 Å². The summed E-state index contributed by atoms with van der Waals surface area (Å²) in [6.45, 7) is 3.26. The van der Waals surface area contributed by atoms with E-state index in [0.717, 1.165) is 41.0 Å². The van der Waals surface area contributed by atoms with Crippen LogP contribution in [0.1, 0.15) is 52.0 Å². The molecule has 5 rings (SSSR count). The zero-order valence-corrected chi connectivity index (χ0v) is 19.3. The van der Waals surface area contributed by atoms with Gasteiger partial charge in [0.1, 0.15) is 23.1 Å². The van der Waals surface area contributed by atoms with Crippen LogP contribution < -0.4 is 10.3 Å². The van der Waals surface area contributed by atoms with Crippen LogP contribution in [0.5, 0.6) is 5.75 Å². The number of hydrogen-bond acceptors (Lipinski definition) is 5. The number of hydrogen-bond donors (Lipinski definition) is 2. The van der Waals surface area contributed by atoms with Gasteiger partial charge in [-0.1, -0.05) is 18.2 Å². The maximum absolute atomic E-state index is 13.1. The second-order valence-electron chi connectivity index (χ2n) is 8.81. The number of nitrogens with one attached hydrogen (secondary N) is 2. The number of benzene rings is 2. The maximum Gasteiger partial charge on any atom is 0.272 e. The largest absolute Gasteiger partial charge is 0.497 e. The van der Waals surface area contributed by atoms with E-state index in [0.29, 0.717) is 25.3 Å². The fraction of sp³-hybridized carbons (Fsp3) is 0.308. The minimum absolute atomic E-state index is 0.185. The molecule has 4 aromatic rings. The van der Waals surface area contributed by atoms with E-state index < -0.39 is 0 Å². The van der Waals surface area contributed by atoms with Gasteiger partial charge in [-0.05, 0) is 55.2 Å². The Morgan fingerprint density at radius 1 is 1.06 bits per heavy atom. The Labute approximate surface area is 197 Å². The lowest BCUT2D eigenvalue weighted by Gasteiger charge is -2.31. The highest BCUT2D eigenvalue weighted by molar-refractivity contribution is 5.92. The van der Waals surface area contributed by atoms with E-state index in [9.17, 15) is 9.59 Å². The number of ether oxygens (including phenoxy) is 1. The number of carbonyl (C=O) groups excluding carboxylic acids is 1. The molecule has 0 unspecified atom stereocenters. The number of rotatable bonds is 5. The first kappa shape index (κ1) is 21.9. The summed E-state index contributed by atoms with van der Waals surface area (Å²) in [4.78, 5) is 42.6. The molecule has 0 spiro atoms. The van der Waals surface area contributed by atoms with E-state index >= 15 is 0 Å². The summed E-state index contributed by atoms with van der Waals surface area (Å²) in [7, 11) is 1.61. The number of aromatic amines is 2. The zero-order chi connectivity index (χ0) is 23.7. The van der Waals surface area contributed by atoms with Gasteiger partial charge in [0.05, 0.1) is 18.1 Å². The second kappa shape index (κ2) is 9.13. The summed E-state index contributed by atoms with van der Waals surface area (Å²) in [5.74, 6) is 2.27. The monoisotopic (exact) mass is 457 g/mol. The van der Waals surface area contributed by atoms with Gasteiger partial charge in [-0.15, -0.1) is 0 Å². The molecule has 8 heteroatoms. The first-order chi connectivity index (χ1) is 16.5. The van der Waals surface area contributed by atoms with Crippen molar-refractivity contribution in [2.75, 3.05) is 20.2 Å². The Bertz CT molecular complexity index is 1380. The number of H-pyrrole nitrogens is 2. The average Bonchev–Trinajstić information content (AvgIpc) is 3.27. The number of aryl methyl sites for hydroxylation is 1. The summed E-state index contributed by atoms with van der Waals surface area (Å²) in [6.07, 6.45) is 2.05. The molecule has 0 atom stereocenters. The van der Waals surface area contributed by atoms with E-state index in [4.69, 9.17) is 9.72 Å². The first-order valence-electron chi connectivity index (χ1n) is 11.5. The Morgan fingerprint density at radius 3 is 2.56 bits per heavy atom. The van der Waals surface area contributed by atoms with Gasteiger partial charge >= 0.3 is 0 Å². The number of likely N-dealkylation sites (tertiary alicyclic amines) is 1. The number of methoxy groups -OCH3 is 1. The van der Waals surface area contributed by atoms with Gasteiger partial charge in [0.2, 0.25) is 0 Å². The van der Waals surface area contributed by atoms with Crippen LogP contribution in [0.2, 0.25) is 0 Å². The van der Waals surface area contributed by atoms with Crippen LogP contribution >= 0.6 is 0 Å². The lowest BCUT2D eigenvalue weighted by Crippen LogP contribution is -2.39. The van der Waals surface area contributed by atoms with E-state index in [1.54, 1.807) is 12.0 Å². The highest BCUT2D eigenvalue weighted by atomic mass is 16.5. The lowest BCUT2D eigenvalue weighted by molar-refractivity contribution is 0.0704. The van der Waals surface area contributed by atoms with Crippen molar-refractivity contribution >= 4 is 16.9 Å². The molecule has 3 heterocycles. The van der Waals surface area contributed by atoms with Crippen molar-refractivity contribution in [1.29, 1.82) is 0 Å². The van der Waals surface area contributed by atoms with Gasteiger partial charge in [-0.3, -0.25) is 9.59 Å². The third-order valence-corrected chi connectivity index (χ3v) is 6.37. The minimum atomic E-state index is -0.325. The SMILES string of the molecule is COc1ccc(Cc2nc(C(=O)N3CCC(c4nc5ccc(C)cc5[nH]4)CC3)cc(=O)[nH]2)cc1. The van der Waals surface area contributed by atoms with Gasteiger partial charge in [-0.2, -0.15) is 0 Å². The standard InChI is InChI=1S/C26H27N5O3/c1-16-3-8-20-21(13-16)29-25(28-20)18-9-11-31(12-10-18)26(33)22-15-24(32)30-23(27-22)14-17-4-6-19(34-2)7-5-17/h3-8,13,15,18H,9-12,14H2,1-2H3,(H,28,29)(H,27,30,32). The molecule has 1 amide bonds.